The number of nitrogens with zero attached hydrogens (tertiary/aromatic N) is 3. The molecule has 1 aromatic carbocycles. The number of piperazine rings is 1. The fourth-order valence-corrected chi connectivity index (χ4v) is 4.60. The lowest BCUT2D eigenvalue weighted by Crippen LogP contribution is -3.12. The molecule has 1 aliphatic heterocycles. The van der Waals surface area contributed by atoms with Crippen LogP contribution in [-0.2, 0) is 0 Å². The normalized spacial score (nSPS) is 15.2. The Morgan fingerprint density at radius 2 is 1.86 bits per heavy atom. The number of anilines is 2. The topological polar surface area (TPSA) is 62.6 Å². The van der Waals surface area contributed by atoms with Crippen LogP contribution in [0.15, 0.2) is 24.3 Å². The first kappa shape index (κ1) is 18.8. The van der Waals surface area contributed by atoms with Crippen LogP contribution in [0.4, 0.5) is 15.9 Å². The Bertz CT molecular complexity index is 1030. The van der Waals surface area contributed by atoms with E-state index in [1.54, 1.807) is 12.1 Å². The van der Waals surface area contributed by atoms with Crippen LogP contribution in [0.3, 0.4) is 0 Å². The van der Waals surface area contributed by atoms with E-state index in [1.165, 1.54) is 28.4 Å². The second-order valence-corrected chi connectivity index (χ2v) is 8.24. The average Bonchev–Trinajstić information content (AvgIpc) is 3.00. The summed E-state index contributed by atoms with van der Waals surface area (Å²) in [6.45, 7) is 7.82. The summed E-state index contributed by atoms with van der Waals surface area (Å²) in [4.78, 5) is 27.4. The van der Waals surface area contributed by atoms with Gasteiger partial charge in [0.1, 0.15) is 22.3 Å². The van der Waals surface area contributed by atoms with E-state index in [2.05, 4.69) is 22.2 Å². The number of benzene rings is 1. The number of aromatic nitrogens is 2. The second kappa shape index (κ2) is 7.44. The Hall–Kier alpha value is -2.58. The Labute approximate surface area is 167 Å². The zero-order valence-corrected chi connectivity index (χ0v) is 17.0. The molecule has 146 valence electrons. The fourth-order valence-electron chi connectivity index (χ4n) is 3.49. The first-order valence-electron chi connectivity index (χ1n) is 9.33. The van der Waals surface area contributed by atoms with E-state index >= 15 is 0 Å². The minimum absolute atomic E-state index is 0.210. The Kier molecular flexibility index (Phi) is 4.99. The molecule has 2 N–H and O–H groups in total. The van der Waals surface area contributed by atoms with Crippen molar-refractivity contribution in [3.63, 3.8) is 0 Å². The Balaban J connectivity index is 1.70. The molecule has 3 heterocycles. The lowest BCUT2D eigenvalue weighted by molar-refractivity contribution is -0.880. The molecule has 0 bridgehead atoms. The average molecular weight is 401 g/mol. The van der Waals surface area contributed by atoms with E-state index in [1.807, 2.05) is 13.8 Å². The van der Waals surface area contributed by atoms with E-state index in [0.717, 1.165) is 47.8 Å². The molecule has 1 saturated heterocycles. The summed E-state index contributed by atoms with van der Waals surface area (Å²) in [5.74, 6) is 1.09. The molecule has 28 heavy (non-hydrogen) atoms. The number of nitrogens with one attached hydrogen (secondary N) is 2. The van der Waals surface area contributed by atoms with Gasteiger partial charge in [0.05, 0.1) is 43.5 Å². The van der Waals surface area contributed by atoms with E-state index < -0.39 is 0 Å². The van der Waals surface area contributed by atoms with Gasteiger partial charge in [-0.3, -0.25) is 4.79 Å². The largest absolute Gasteiger partial charge is 0.345 e. The quantitative estimate of drug-likeness (QED) is 0.706. The Morgan fingerprint density at radius 3 is 2.54 bits per heavy atom. The Morgan fingerprint density at radius 1 is 1.18 bits per heavy atom. The highest BCUT2D eigenvalue weighted by Gasteiger charge is 2.25. The highest BCUT2D eigenvalue weighted by molar-refractivity contribution is 7.20. The van der Waals surface area contributed by atoms with Crippen LogP contribution in [0.1, 0.15) is 21.1 Å². The van der Waals surface area contributed by atoms with Gasteiger partial charge in [0, 0.05) is 5.69 Å². The van der Waals surface area contributed by atoms with Crippen molar-refractivity contribution in [1.29, 1.82) is 0 Å². The van der Waals surface area contributed by atoms with E-state index in [0.29, 0.717) is 16.4 Å². The van der Waals surface area contributed by atoms with Gasteiger partial charge in [-0.1, -0.05) is 0 Å². The number of carbonyl (C=O) groups excluding carboxylic acids is 1. The van der Waals surface area contributed by atoms with Crippen molar-refractivity contribution >= 4 is 39.0 Å². The van der Waals surface area contributed by atoms with Crippen LogP contribution in [0.5, 0.6) is 0 Å². The zero-order chi connectivity index (χ0) is 19.8. The predicted octanol–water partition coefficient (Wildman–Crippen LogP) is 2.03. The number of amides is 1. The molecule has 0 unspecified atom stereocenters. The van der Waals surface area contributed by atoms with E-state index in [-0.39, 0.29) is 11.7 Å². The van der Waals surface area contributed by atoms with Crippen LogP contribution in [0.25, 0.3) is 10.2 Å². The van der Waals surface area contributed by atoms with Crippen molar-refractivity contribution in [2.45, 2.75) is 13.8 Å². The maximum absolute atomic E-state index is 13.1. The van der Waals surface area contributed by atoms with Crippen LogP contribution in [0.2, 0.25) is 0 Å². The van der Waals surface area contributed by atoms with Crippen molar-refractivity contribution < 1.29 is 14.1 Å². The molecule has 3 aromatic rings. The lowest BCUT2D eigenvalue weighted by Gasteiger charge is -2.31. The van der Waals surface area contributed by atoms with Gasteiger partial charge in [0.25, 0.3) is 5.91 Å². The summed E-state index contributed by atoms with van der Waals surface area (Å²) < 4.78 is 13.1. The van der Waals surface area contributed by atoms with Crippen molar-refractivity contribution in [2.75, 3.05) is 43.4 Å². The molecule has 0 radical (unpaired) electrons. The molecule has 4 rings (SSSR count). The number of rotatable bonds is 3. The third kappa shape index (κ3) is 3.57. The van der Waals surface area contributed by atoms with Gasteiger partial charge in [-0.2, -0.15) is 0 Å². The molecule has 0 saturated carbocycles. The number of carbonyl (C=O) groups is 1. The number of hydrogen-bond acceptors (Lipinski definition) is 5. The molecular weight excluding hydrogens is 377 g/mol. The third-order valence-corrected chi connectivity index (χ3v) is 6.29. The maximum Gasteiger partial charge on any atom is 0.266 e. The highest BCUT2D eigenvalue weighted by Crippen LogP contribution is 2.36. The molecule has 0 atom stereocenters. The third-order valence-electron chi connectivity index (χ3n) is 5.11. The first-order chi connectivity index (χ1) is 13.4. The van der Waals surface area contributed by atoms with Crippen molar-refractivity contribution in [2.24, 2.45) is 0 Å². The minimum Gasteiger partial charge on any atom is -0.345 e. The van der Waals surface area contributed by atoms with Gasteiger partial charge in [-0.25, -0.2) is 14.4 Å². The van der Waals surface area contributed by atoms with E-state index in [9.17, 15) is 9.18 Å². The van der Waals surface area contributed by atoms with Gasteiger partial charge in [0.15, 0.2) is 0 Å². The van der Waals surface area contributed by atoms with Gasteiger partial charge in [-0.05, 0) is 43.7 Å². The first-order valence-corrected chi connectivity index (χ1v) is 10.1. The molecule has 8 heteroatoms. The van der Waals surface area contributed by atoms with Gasteiger partial charge in [-0.15, -0.1) is 11.3 Å². The molecule has 0 aliphatic carbocycles. The van der Waals surface area contributed by atoms with Crippen LogP contribution in [-0.4, -0.2) is 49.1 Å². The highest BCUT2D eigenvalue weighted by atomic mass is 32.1. The molecule has 0 spiro atoms. The predicted molar refractivity (Wildman–Crippen MR) is 110 cm³/mol. The van der Waals surface area contributed by atoms with Gasteiger partial charge < -0.3 is 15.1 Å². The number of thiophene rings is 1. The van der Waals surface area contributed by atoms with E-state index in [4.69, 9.17) is 4.98 Å². The standard InChI is InChI=1S/C20H22FN5OS/c1-12-16-18(26-10-8-25(3)9-11-26)22-13(2)23-20(16)28-17(12)19(27)24-15-6-4-14(21)5-7-15/h4-7H,8-11H2,1-3H3,(H,24,27)/p+1. The summed E-state index contributed by atoms with van der Waals surface area (Å²) in [7, 11) is 2.20. The number of hydrogen-bond donors (Lipinski definition) is 2. The SMILES string of the molecule is Cc1nc(N2CC[NH+](C)CC2)c2c(C)c(C(=O)Nc3ccc(F)cc3)sc2n1. The number of aryl methyl sites for hydroxylation is 2. The molecular formula is C20H23FN5OS+. The second-order valence-electron chi connectivity index (χ2n) is 7.24. The molecule has 6 nitrogen and oxygen atoms in total. The number of halogens is 1. The molecule has 1 aliphatic rings. The molecule has 1 amide bonds. The number of quaternary nitrogens is 1. The summed E-state index contributed by atoms with van der Waals surface area (Å²) in [5.41, 5.74) is 1.45. The lowest BCUT2D eigenvalue weighted by atomic mass is 10.1. The van der Waals surface area contributed by atoms with Crippen LogP contribution < -0.4 is 15.1 Å². The summed E-state index contributed by atoms with van der Waals surface area (Å²) >= 11 is 1.38. The monoisotopic (exact) mass is 400 g/mol. The summed E-state index contributed by atoms with van der Waals surface area (Å²) in [5, 5.41) is 3.80. The zero-order valence-electron chi connectivity index (χ0n) is 16.2. The molecule has 1 fully saturated rings. The molecule has 2 aromatic heterocycles. The number of likely N-dealkylation sites (N-methyl/N-ethyl adjacent to an activating group) is 1. The summed E-state index contributed by atoms with van der Waals surface area (Å²) in [6.07, 6.45) is 0. The van der Waals surface area contributed by atoms with Crippen LogP contribution >= 0.6 is 11.3 Å². The summed E-state index contributed by atoms with van der Waals surface area (Å²) in [6, 6.07) is 5.76. The maximum atomic E-state index is 13.1. The van der Waals surface area contributed by atoms with Crippen molar-refractivity contribution in [1.82, 2.24) is 9.97 Å². The fraction of sp³-hybridized carbons (Fsp3) is 0.350. The number of fused-ring (bicyclic) bond motifs is 1. The van der Waals surface area contributed by atoms with Gasteiger partial charge in [0.2, 0.25) is 0 Å². The van der Waals surface area contributed by atoms with Crippen molar-refractivity contribution in [3.05, 3.63) is 46.3 Å². The minimum atomic E-state index is -0.333. The van der Waals surface area contributed by atoms with Crippen molar-refractivity contribution in [3.8, 4) is 0 Å². The van der Waals surface area contributed by atoms with Gasteiger partial charge >= 0.3 is 0 Å². The van der Waals surface area contributed by atoms with Crippen LogP contribution in [0, 0.1) is 19.7 Å². The smallest absolute Gasteiger partial charge is 0.266 e.